The summed E-state index contributed by atoms with van der Waals surface area (Å²) < 4.78 is 1.41. The Morgan fingerprint density at radius 3 is 2.77 bits per heavy atom. The third kappa shape index (κ3) is 2.03. The fourth-order valence-corrected chi connectivity index (χ4v) is 1.10. The first-order chi connectivity index (χ1) is 6.11. The van der Waals surface area contributed by atoms with E-state index in [-0.39, 0.29) is 0 Å². The molecule has 0 saturated heterocycles. The summed E-state index contributed by atoms with van der Waals surface area (Å²) in [5, 5.41) is 6.85. The van der Waals surface area contributed by atoms with Gasteiger partial charge in [-0.3, -0.25) is 0 Å². The van der Waals surface area contributed by atoms with Crippen molar-refractivity contribution >= 4 is 11.6 Å². The maximum atomic E-state index is 10.6. The molecule has 0 amide bonds. The lowest BCUT2D eigenvalue weighted by Gasteiger charge is -2.26. The molecule has 0 fully saturated rings. The minimum atomic E-state index is -0.604. The molecule has 0 saturated carbocycles. The van der Waals surface area contributed by atoms with Gasteiger partial charge in [-0.15, -0.1) is 16.5 Å². The molecule has 1 rings (SSSR count). The molecule has 6 heteroatoms. The van der Waals surface area contributed by atoms with Gasteiger partial charge >= 0.3 is 0 Å². The number of hydrogen-bond acceptors (Lipinski definition) is 4. The first-order valence-corrected chi connectivity index (χ1v) is 4.38. The Morgan fingerprint density at radius 2 is 2.38 bits per heavy atom. The Bertz CT molecular complexity index is 272. The molecule has 0 spiro atoms. The third-order valence-corrected chi connectivity index (χ3v) is 2.52. The predicted molar refractivity (Wildman–Crippen MR) is 49.4 cm³/mol. The lowest BCUT2D eigenvalue weighted by molar-refractivity contribution is 0.236. The number of nitrogens with zero attached hydrogens (tertiary/aromatic N) is 4. The van der Waals surface area contributed by atoms with E-state index in [9.17, 15) is 4.91 Å². The van der Waals surface area contributed by atoms with E-state index in [1.165, 1.54) is 17.3 Å². The molecule has 0 bridgehead atoms. The van der Waals surface area contributed by atoms with Crippen LogP contribution in [-0.4, -0.2) is 20.6 Å². The average molecular weight is 203 g/mol. The summed E-state index contributed by atoms with van der Waals surface area (Å²) in [7, 11) is 0. The van der Waals surface area contributed by atoms with E-state index >= 15 is 0 Å². The highest BCUT2D eigenvalue weighted by molar-refractivity contribution is 6.18. The van der Waals surface area contributed by atoms with Crippen molar-refractivity contribution in [1.29, 1.82) is 0 Å². The molecular formula is C7H11ClN4O. The molecule has 1 atom stereocenters. The molecule has 0 aliphatic rings. The van der Waals surface area contributed by atoms with Gasteiger partial charge in [0.2, 0.25) is 0 Å². The van der Waals surface area contributed by atoms with E-state index in [2.05, 4.69) is 15.3 Å². The molecule has 1 heterocycles. The van der Waals surface area contributed by atoms with Crippen molar-refractivity contribution in [3.63, 3.8) is 0 Å². The monoisotopic (exact) mass is 202 g/mol. The standard InChI is InChI=1S/C7H11ClN4O/c1-7(2,3-8)6(11-13)12-5-9-4-10-12/h4-6H,3H2,1-2H3. The number of nitroso groups, excluding NO2 is 1. The first kappa shape index (κ1) is 10.1. The molecule has 0 aliphatic heterocycles. The van der Waals surface area contributed by atoms with Crippen LogP contribution in [0.1, 0.15) is 20.0 Å². The van der Waals surface area contributed by atoms with Gasteiger partial charge in [0.25, 0.3) is 0 Å². The van der Waals surface area contributed by atoms with Crippen LogP contribution in [0.15, 0.2) is 17.8 Å². The van der Waals surface area contributed by atoms with Crippen LogP contribution in [-0.2, 0) is 0 Å². The summed E-state index contributed by atoms with van der Waals surface area (Å²) in [5.74, 6) is 0.337. The van der Waals surface area contributed by atoms with E-state index in [4.69, 9.17) is 11.6 Å². The van der Waals surface area contributed by atoms with Gasteiger partial charge in [-0.1, -0.05) is 13.8 Å². The minimum absolute atomic E-state index is 0.337. The van der Waals surface area contributed by atoms with E-state index < -0.39 is 11.6 Å². The van der Waals surface area contributed by atoms with Gasteiger partial charge in [0.15, 0.2) is 6.17 Å². The summed E-state index contributed by atoms with van der Waals surface area (Å²) in [4.78, 5) is 14.4. The summed E-state index contributed by atoms with van der Waals surface area (Å²) in [6, 6.07) is 0. The summed E-state index contributed by atoms with van der Waals surface area (Å²) in [5.41, 5.74) is -0.420. The lowest BCUT2D eigenvalue weighted by Crippen LogP contribution is -2.27. The number of aromatic nitrogens is 3. The Morgan fingerprint density at radius 1 is 1.69 bits per heavy atom. The normalized spacial score (nSPS) is 14.1. The smallest absolute Gasteiger partial charge is 0.191 e. The molecule has 13 heavy (non-hydrogen) atoms. The summed E-state index contributed by atoms with van der Waals surface area (Å²) >= 11 is 5.72. The molecule has 0 aliphatic carbocycles. The quantitative estimate of drug-likeness (QED) is 0.553. The van der Waals surface area contributed by atoms with Gasteiger partial charge in [-0.2, -0.15) is 5.10 Å². The molecule has 1 aromatic heterocycles. The van der Waals surface area contributed by atoms with Crippen LogP contribution >= 0.6 is 11.6 Å². The SMILES string of the molecule is CC(C)(CCl)C(N=O)n1cncn1. The predicted octanol–water partition coefficient (Wildman–Crippen LogP) is 1.81. The number of halogens is 1. The fraction of sp³-hybridized carbons (Fsp3) is 0.714. The topological polar surface area (TPSA) is 60.1 Å². The number of hydrogen-bond donors (Lipinski definition) is 0. The van der Waals surface area contributed by atoms with E-state index in [0.717, 1.165) is 0 Å². The van der Waals surface area contributed by atoms with E-state index in [0.29, 0.717) is 5.88 Å². The Labute approximate surface area is 81.1 Å². The third-order valence-electron chi connectivity index (χ3n) is 1.83. The fourth-order valence-electron chi connectivity index (χ4n) is 0.962. The first-order valence-electron chi connectivity index (χ1n) is 3.84. The average Bonchev–Trinajstić information content (AvgIpc) is 2.58. The van der Waals surface area contributed by atoms with Gasteiger partial charge in [-0.25, -0.2) is 9.67 Å². The molecule has 1 unspecified atom stereocenters. The van der Waals surface area contributed by atoms with Gasteiger partial charge < -0.3 is 0 Å². The molecule has 72 valence electrons. The zero-order valence-electron chi connectivity index (χ0n) is 7.51. The van der Waals surface area contributed by atoms with Crippen molar-refractivity contribution in [2.24, 2.45) is 10.6 Å². The van der Waals surface area contributed by atoms with Gasteiger partial charge in [0.05, 0.1) is 0 Å². The van der Waals surface area contributed by atoms with Crippen LogP contribution in [0.3, 0.4) is 0 Å². The molecule has 0 radical (unpaired) electrons. The van der Waals surface area contributed by atoms with Crippen molar-refractivity contribution in [3.8, 4) is 0 Å². The zero-order valence-corrected chi connectivity index (χ0v) is 8.27. The van der Waals surface area contributed by atoms with E-state index in [1.54, 1.807) is 0 Å². The highest BCUT2D eigenvalue weighted by Crippen LogP contribution is 2.32. The second-order valence-corrected chi connectivity index (χ2v) is 3.74. The van der Waals surface area contributed by atoms with Crippen molar-refractivity contribution in [3.05, 3.63) is 17.6 Å². The number of alkyl halides is 1. The molecule has 1 aromatic rings. The van der Waals surface area contributed by atoms with Crippen LogP contribution < -0.4 is 0 Å². The maximum absolute atomic E-state index is 10.6. The Kier molecular flexibility index (Phi) is 2.98. The zero-order chi connectivity index (χ0) is 9.90. The molecule has 0 N–H and O–H groups in total. The molecule has 5 nitrogen and oxygen atoms in total. The molecular weight excluding hydrogens is 192 g/mol. The highest BCUT2D eigenvalue weighted by Gasteiger charge is 2.32. The van der Waals surface area contributed by atoms with Gasteiger partial charge in [0.1, 0.15) is 12.7 Å². The maximum Gasteiger partial charge on any atom is 0.191 e. The van der Waals surface area contributed by atoms with Crippen LogP contribution in [0, 0.1) is 10.3 Å². The Balaban J connectivity index is 2.92. The van der Waals surface area contributed by atoms with Gasteiger partial charge in [0, 0.05) is 11.3 Å². The van der Waals surface area contributed by atoms with Crippen molar-refractivity contribution in [2.75, 3.05) is 5.88 Å². The second kappa shape index (κ2) is 3.83. The van der Waals surface area contributed by atoms with Gasteiger partial charge in [-0.05, 0) is 5.18 Å². The van der Waals surface area contributed by atoms with Crippen molar-refractivity contribution in [2.45, 2.75) is 20.0 Å². The Hall–Kier alpha value is -0.970. The summed E-state index contributed by atoms with van der Waals surface area (Å²) in [6.45, 7) is 3.71. The second-order valence-electron chi connectivity index (χ2n) is 3.48. The van der Waals surface area contributed by atoms with Crippen LogP contribution in [0.5, 0.6) is 0 Å². The van der Waals surface area contributed by atoms with Crippen LogP contribution in [0.4, 0.5) is 0 Å². The number of rotatable bonds is 4. The minimum Gasteiger partial charge on any atom is -0.224 e. The molecule has 0 aromatic carbocycles. The largest absolute Gasteiger partial charge is 0.224 e. The lowest BCUT2D eigenvalue weighted by atomic mass is 9.92. The van der Waals surface area contributed by atoms with Crippen LogP contribution in [0.2, 0.25) is 0 Å². The van der Waals surface area contributed by atoms with Crippen molar-refractivity contribution < 1.29 is 0 Å². The van der Waals surface area contributed by atoms with E-state index in [1.807, 2.05) is 13.8 Å². The van der Waals surface area contributed by atoms with Crippen molar-refractivity contribution in [1.82, 2.24) is 14.8 Å². The highest BCUT2D eigenvalue weighted by atomic mass is 35.5. The summed E-state index contributed by atoms with van der Waals surface area (Å²) in [6.07, 6.45) is 2.22. The van der Waals surface area contributed by atoms with Crippen LogP contribution in [0.25, 0.3) is 0 Å².